The SMILES string of the molecule is c1ccc(-c2cccc(-n3c4ccccc4c4cccc(-n5c6ccccc6c6cc(-c7nc(-c8ccc9sc%10ccccc%10c9c8)nc(-c8cccc9ccccc89)n7)ccc65)c43)c2)cc1. The van der Waals surface area contributed by atoms with E-state index >= 15 is 0 Å². The topological polar surface area (TPSA) is 48.5 Å². The summed E-state index contributed by atoms with van der Waals surface area (Å²) in [5.41, 5.74) is 12.0. The maximum Gasteiger partial charge on any atom is 0.164 e. The normalized spacial score (nSPS) is 11.9. The molecule has 0 bridgehead atoms. The van der Waals surface area contributed by atoms with Crippen LogP contribution in [0, 0.1) is 0 Å². The summed E-state index contributed by atoms with van der Waals surface area (Å²) in [4.78, 5) is 15.9. The fraction of sp³-hybridized carbons (Fsp3) is 0. The van der Waals surface area contributed by atoms with Gasteiger partial charge in [-0.2, -0.15) is 0 Å². The number of rotatable bonds is 6. The molecule has 312 valence electrons. The zero-order valence-corrected chi connectivity index (χ0v) is 36.8. The third kappa shape index (κ3) is 5.97. The van der Waals surface area contributed by atoms with E-state index in [1.165, 1.54) is 42.1 Å². The van der Waals surface area contributed by atoms with Crippen LogP contribution in [0.25, 0.3) is 131 Å². The maximum atomic E-state index is 5.31. The Hall–Kier alpha value is -8.71. The summed E-state index contributed by atoms with van der Waals surface area (Å²) < 4.78 is 7.39. The van der Waals surface area contributed by atoms with Crippen molar-refractivity contribution in [2.75, 3.05) is 0 Å². The molecule has 4 heterocycles. The first-order chi connectivity index (χ1) is 33.2. The Balaban J connectivity index is 0.991. The molecular weight excluding hydrogens is 835 g/mol. The number of thiophene rings is 1. The maximum absolute atomic E-state index is 5.31. The van der Waals surface area contributed by atoms with E-state index in [4.69, 9.17) is 15.0 Å². The van der Waals surface area contributed by atoms with E-state index in [0.29, 0.717) is 17.5 Å². The lowest BCUT2D eigenvalue weighted by molar-refractivity contribution is 1.08. The van der Waals surface area contributed by atoms with E-state index in [2.05, 4.69) is 234 Å². The predicted octanol–water partition coefficient (Wildman–Crippen LogP) is 16.3. The van der Waals surface area contributed by atoms with Gasteiger partial charge in [0.2, 0.25) is 0 Å². The highest BCUT2D eigenvalue weighted by atomic mass is 32.1. The minimum atomic E-state index is 0.627. The first-order valence-corrected chi connectivity index (χ1v) is 23.4. The quantitative estimate of drug-likeness (QED) is 0.167. The van der Waals surface area contributed by atoms with E-state index in [1.54, 1.807) is 0 Å². The van der Waals surface area contributed by atoms with Crippen LogP contribution < -0.4 is 0 Å². The second-order valence-electron chi connectivity index (χ2n) is 17.2. The lowest BCUT2D eigenvalue weighted by Gasteiger charge is -2.15. The van der Waals surface area contributed by atoms with Gasteiger partial charge in [0.1, 0.15) is 0 Å². The van der Waals surface area contributed by atoms with E-state index in [1.807, 2.05) is 11.3 Å². The van der Waals surface area contributed by atoms with Gasteiger partial charge in [0.15, 0.2) is 17.5 Å². The average molecular weight is 872 g/mol. The highest BCUT2D eigenvalue weighted by molar-refractivity contribution is 7.25. The molecule has 0 atom stereocenters. The fourth-order valence-electron chi connectivity index (χ4n) is 10.3. The lowest BCUT2D eigenvalue weighted by atomic mass is 10.0. The molecule has 0 saturated heterocycles. The number of nitrogens with zero attached hydrogens (tertiary/aromatic N) is 5. The Labute approximate surface area is 389 Å². The Kier molecular flexibility index (Phi) is 8.38. The number of aromatic nitrogens is 5. The highest BCUT2D eigenvalue weighted by Gasteiger charge is 2.22. The largest absolute Gasteiger partial charge is 0.307 e. The van der Waals surface area contributed by atoms with Gasteiger partial charge in [0.25, 0.3) is 0 Å². The number of fused-ring (bicyclic) bond motifs is 10. The van der Waals surface area contributed by atoms with Gasteiger partial charge < -0.3 is 9.13 Å². The molecule has 0 radical (unpaired) electrons. The van der Waals surface area contributed by atoms with Crippen molar-refractivity contribution < 1.29 is 0 Å². The molecule has 0 saturated carbocycles. The van der Waals surface area contributed by atoms with Crippen molar-refractivity contribution in [1.82, 2.24) is 24.1 Å². The molecule has 0 aliphatic carbocycles. The molecule has 0 aliphatic heterocycles. The summed E-state index contributed by atoms with van der Waals surface area (Å²) in [6.45, 7) is 0. The molecule has 14 aromatic rings. The van der Waals surface area contributed by atoms with Crippen LogP contribution in [0.5, 0.6) is 0 Å². The van der Waals surface area contributed by atoms with Crippen LogP contribution in [-0.2, 0) is 0 Å². The Morgan fingerprint density at radius 2 is 0.881 bits per heavy atom. The summed E-state index contributed by atoms with van der Waals surface area (Å²) in [6, 6.07) is 80.5. The van der Waals surface area contributed by atoms with Crippen molar-refractivity contribution in [3.05, 3.63) is 224 Å². The molecular formula is C61H37N5S. The molecule has 0 fully saturated rings. The summed E-state index contributed by atoms with van der Waals surface area (Å²) in [5.74, 6) is 1.91. The van der Waals surface area contributed by atoms with Crippen LogP contribution >= 0.6 is 11.3 Å². The zero-order valence-electron chi connectivity index (χ0n) is 36.0. The second-order valence-corrected chi connectivity index (χ2v) is 18.3. The fourth-order valence-corrected chi connectivity index (χ4v) is 11.4. The number of hydrogen-bond donors (Lipinski definition) is 0. The molecule has 0 aliphatic rings. The summed E-state index contributed by atoms with van der Waals surface area (Å²) >= 11 is 1.81. The molecule has 67 heavy (non-hydrogen) atoms. The van der Waals surface area contributed by atoms with Crippen LogP contribution in [0.1, 0.15) is 0 Å². The number of para-hydroxylation sites is 3. The Morgan fingerprint density at radius 3 is 1.72 bits per heavy atom. The zero-order chi connectivity index (χ0) is 44.0. The van der Waals surface area contributed by atoms with Gasteiger partial charge in [-0.1, -0.05) is 152 Å². The molecule has 5 nitrogen and oxygen atoms in total. The van der Waals surface area contributed by atoms with Crippen molar-refractivity contribution >= 4 is 85.9 Å². The summed E-state index contributed by atoms with van der Waals surface area (Å²) in [6.07, 6.45) is 0. The molecule has 0 amide bonds. The molecule has 14 rings (SSSR count). The minimum Gasteiger partial charge on any atom is -0.307 e. The standard InChI is InChI=1S/C61H37N5S/c1-2-15-38(16-3-1)40-19-12-20-43(35-40)65-52-27-9-6-22-45(52)48-25-14-29-55(58(48)65)66-53-28-10-7-23-46(53)50-36-41(31-33-54(50)66)59-62-60(42-32-34-57-51(37-42)47-24-8-11-30-56(47)67-57)64-61(63-59)49-26-13-18-39-17-4-5-21-44(39)49/h1-37H. The van der Waals surface area contributed by atoms with Crippen LogP contribution in [0.2, 0.25) is 0 Å². The van der Waals surface area contributed by atoms with Gasteiger partial charge in [0.05, 0.1) is 27.8 Å². The third-order valence-electron chi connectivity index (χ3n) is 13.4. The van der Waals surface area contributed by atoms with Crippen molar-refractivity contribution in [1.29, 1.82) is 0 Å². The van der Waals surface area contributed by atoms with Crippen molar-refractivity contribution in [2.45, 2.75) is 0 Å². The molecule has 0 unspecified atom stereocenters. The van der Waals surface area contributed by atoms with Gasteiger partial charge in [-0.25, -0.2) is 15.0 Å². The smallest absolute Gasteiger partial charge is 0.164 e. The molecule has 4 aromatic heterocycles. The average Bonchev–Trinajstić information content (AvgIpc) is 4.06. The van der Waals surface area contributed by atoms with E-state index < -0.39 is 0 Å². The molecule has 10 aromatic carbocycles. The summed E-state index contributed by atoms with van der Waals surface area (Å²) in [7, 11) is 0. The van der Waals surface area contributed by atoms with Gasteiger partial charge in [-0.05, 0) is 94.7 Å². The van der Waals surface area contributed by atoms with Gasteiger partial charge in [-0.15, -0.1) is 11.3 Å². The molecule has 0 spiro atoms. The van der Waals surface area contributed by atoms with E-state index in [-0.39, 0.29) is 0 Å². The molecule has 6 heteroatoms. The number of hydrogen-bond acceptors (Lipinski definition) is 4. The Bertz CT molecular complexity index is 4290. The summed E-state index contributed by atoms with van der Waals surface area (Å²) in [5, 5.41) is 9.39. The third-order valence-corrected chi connectivity index (χ3v) is 14.5. The van der Waals surface area contributed by atoms with Crippen LogP contribution in [-0.4, -0.2) is 24.1 Å². The minimum absolute atomic E-state index is 0.627. The van der Waals surface area contributed by atoms with Crippen molar-refractivity contribution in [2.24, 2.45) is 0 Å². The lowest BCUT2D eigenvalue weighted by Crippen LogP contribution is -2.01. The van der Waals surface area contributed by atoms with Gasteiger partial charge in [-0.3, -0.25) is 0 Å². The Morgan fingerprint density at radius 1 is 0.313 bits per heavy atom. The first-order valence-electron chi connectivity index (χ1n) is 22.6. The van der Waals surface area contributed by atoms with Crippen molar-refractivity contribution in [3.8, 4) is 56.7 Å². The van der Waals surface area contributed by atoms with Crippen LogP contribution in [0.15, 0.2) is 224 Å². The second kappa shape index (κ2) is 14.9. The molecule has 0 N–H and O–H groups in total. The van der Waals surface area contributed by atoms with Crippen LogP contribution in [0.4, 0.5) is 0 Å². The van der Waals surface area contributed by atoms with Crippen molar-refractivity contribution in [3.63, 3.8) is 0 Å². The van der Waals surface area contributed by atoms with Gasteiger partial charge >= 0.3 is 0 Å². The van der Waals surface area contributed by atoms with E-state index in [9.17, 15) is 0 Å². The first kappa shape index (κ1) is 37.6. The number of benzene rings is 10. The highest BCUT2D eigenvalue weighted by Crippen LogP contribution is 2.42. The van der Waals surface area contributed by atoms with E-state index in [0.717, 1.165) is 71.7 Å². The van der Waals surface area contributed by atoms with Gasteiger partial charge in [0, 0.05) is 64.1 Å². The predicted molar refractivity (Wildman–Crippen MR) is 281 cm³/mol. The monoisotopic (exact) mass is 871 g/mol. The van der Waals surface area contributed by atoms with Crippen LogP contribution in [0.3, 0.4) is 0 Å².